The first-order chi connectivity index (χ1) is 13.0. The summed E-state index contributed by atoms with van der Waals surface area (Å²) in [5, 5.41) is 14.9. The fraction of sp³-hybridized carbons (Fsp3) is 0.524. The van der Waals surface area contributed by atoms with E-state index in [1.54, 1.807) is 0 Å². The quantitative estimate of drug-likeness (QED) is 0.812. The van der Waals surface area contributed by atoms with Crippen LogP contribution < -0.4 is 0 Å². The number of likely N-dealkylation sites (N-methyl/N-ethyl adjacent to an activating group) is 1. The Kier molecular flexibility index (Phi) is 6.63. The molecule has 0 unspecified atom stereocenters. The second kappa shape index (κ2) is 9.15. The zero-order chi connectivity index (χ0) is 19.2. The molecule has 0 bridgehead atoms. The van der Waals surface area contributed by atoms with E-state index in [-0.39, 0.29) is 5.91 Å². The van der Waals surface area contributed by atoms with E-state index in [0.29, 0.717) is 25.2 Å². The molecule has 0 spiro atoms. The van der Waals surface area contributed by atoms with E-state index in [4.69, 9.17) is 0 Å². The molecule has 1 aliphatic heterocycles. The number of carbonyl (C=O) groups is 1. The molecule has 1 aromatic heterocycles. The van der Waals surface area contributed by atoms with E-state index < -0.39 is 6.10 Å². The van der Waals surface area contributed by atoms with Crippen molar-refractivity contribution >= 4 is 5.91 Å². The van der Waals surface area contributed by atoms with Crippen LogP contribution in [-0.4, -0.2) is 57.8 Å². The van der Waals surface area contributed by atoms with E-state index >= 15 is 0 Å². The topological polar surface area (TPSA) is 61.6 Å². The molecule has 0 aliphatic carbocycles. The number of hydrogen-bond donors (Lipinski definition) is 1. The minimum absolute atomic E-state index is 0.205. The summed E-state index contributed by atoms with van der Waals surface area (Å²) < 4.78 is 1.95. The molecule has 0 radical (unpaired) electrons. The van der Waals surface area contributed by atoms with Gasteiger partial charge in [-0.15, -0.1) is 0 Å². The number of aromatic nitrogens is 2. The van der Waals surface area contributed by atoms with Gasteiger partial charge in [0.15, 0.2) is 0 Å². The molecule has 1 N–H and O–H groups in total. The molecule has 27 heavy (non-hydrogen) atoms. The molecule has 146 valence electrons. The third-order valence-electron chi connectivity index (χ3n) is 4.96. The number of hydrogen-bond acceptors (Lipinski definition) is 4. The van der Waals surface area contributed by atoms with Gasteiger partial charge in [0.1, 0.15) is 6.10 Å². The summed E-state index contributed by atoms with van der Waals surface area (Å²) in [6, 6.07) is 12.2. The Labute approximate surface area is 161 Å². The monoisotopic (exact) mass is 370 g/mol. The number of aliphatic hydroxyl groups is 1. The highest BCUT2D eigenvalue weighted by Gasteiger charge is 2.22. The van der Waals surface area contributed by atoms with E-state index in [1.807, 2.05) is 52.8 Å². The van der Waals surface area contributed by atoms with Crippen molar-refractivity contribution < 1.29 is 9.90 Å². The average Bonchev–Trinajstić information content (AvgIpc) is 2.94. The molecule has 1 aliphatic rings. The van der Waals surface area contributed by atoms with Gasteiger partial charge in [-0.1, -0.05) is 30.3 Å². The summed E-state index contributed by atoms with van der Waals surface area (Å²) >= 11 is 0. The van der Waals surface area contributed by atoms with Crippen LogP contribution in [0.1, 0.15) is 42.3 Å². The molecule has 0 fully saturated rings. The number of fused-ring (bicyclic) bond motifs is 1. The van der Waals surface area contributed by atoms with Gasteiger partial charge in [0, 0.05) is 26.1 Å². The van der Waals surface area contributed by atoms with Crippen LogP contribution in [0.2, 0.25) is 0 Å². The van der Waals surface area contributed by atoms with Crippen LogP contribution in [0, 0.1) is 0 Å². The van der Waals surface area contributed by atoms with Gasteiger partial charge in [-0.3, -0.25) is 9.48 Å². The molecule has 3 rings (SSSR count). The average molecular weight is 370 g/mol. The minimum Gasteiger partial charge on any atom is -0.385 e. The fourth-order valence-electron chi connectivity index (χ4n) is 3.55. The highest BCUT2D eigenvalue weighted by Crippen LogP contribution is 2.19. The van der Waals surface area contributed by atoms with Crippen molar-refractivity contribution in [2.75, 3.05) is 27.2 Å². The maximum absolute atomic E-state index is 12.7. The van der Waals surface area contributed by atoms with Crippen LogP contribution in [-0.2, 0) is 24.3 Å². The van der Waals surface area contributed by atoms with Gasteiger partial charge in [-0.05, 0) is 45.0 Å². The van der Waals surface area contributed by atoms with Crippen molar-refractivity contribution in [1.82, 2.24) is 19.6 Å². The normalized spacial score (nSPS) is 15.5. The second-order valence-corrected chi connectivity index (χ2v) is 7.57. The zero-order valence-corrected chi connectivity index (χ0v) is 16.3. The van der Waals surface area contributed by atoms with Crippen molar-refractivity contribution in [3.05, 3.63) is 53.3 Å². The SMILES string of the molecule is CN(C)C[C@H](O)c1cc2n(n1)CCCN(C(=O)CCCc1ccccc1)C2. The number of aryl methyl sites for hydroxylation is 2. The number of rotatable bonds is 7. The Morgan fingerprint density at radius 2 is 2.04 bits per heavy atom. The lowest BCUT2D eigenvalue weighted by molar-refractivity contribution is -0.131. The van der Waals surface area contributed by atoms with Gasteiger partial charge in [0.2, 0.25) is 5.91 Å². The van der Waals surface area contributed by atoms with E-state index in [0.717, 1.165) is 38.0 Å². The molecule has 6 heteroatoms. The molecule has 6 nitrogen and oxygen atoms in total. The summed E-state index contributed by atoms with van der Waals surface area (Å²) in [5.41, 5.74) is 2.98. The minimum atomic E-state index is -0.602. The Hall–Kier alpha value is -2.18. The van der Waals surface area contributed by atoms with Crippen LogP contribution >= 0.6 is 0 Å². The molecular weight excluding hydrogens is 340 g/mol. The number of aliphatic hydroxyl groups excluding tert-OH is 1. The highest BCUT2D eigenvalue weighted by molar-refractivity contribution is 5.76. The van der Waals surface area contributed by atoms with Crippen molar-refractivity contribution in [3.63, 3.8) is 0 Å². The van der Waals surface area contributed by atoms with E-state index in [9.17, 15) is 9.90 Å². The zero-order valence-electron chi connectivity index (χ0n) is 16.3. The maximum Gasteiger partial charge on any atom is 0.222 e. The highest BCUT2D eigenvalue weighted by atomic mass is 16.3. The van der Waals surface area contributed by atoms with Crippen LogP contribution in [0.3, 0.4) is 0 Å². The molecule has 2 aromatic rings. The Bertz CT molecular complexity index is 742. The first-order valence-corrected chi connectivity index (χ1v) is 9.74. The van der Waals surface area contributed by atoms with Crippen molar-refractivity contribution in [2.45, 2.75) is 44.9 Å². The molecule has 0 saturated heterocycles. The summed E-state index contributed by atoms with van der Waals surface area (Å²) in [7, 11) is 3.86. The second-order valence-electron chi connectivity index (χ2n) is 7.57. The van der Waals surface area contributed by atoms with E-state index in [2.05, 4.69) is 17.2 Å². The van der Waals surface area contributed by atoms with Crippen LogP contribution in [0.25, 0.3) is 0 Å². The van der Waals surface area contributed by atoms with Gasteiger partial charge in [0.05, 0.1) is 17.9 Å². The summed E-state index contributed by atoms with van der Waals surface area (Å²) in [4.78, 5) is 16.6. The predicted octanol–water partition coefficient (Wildman–Crippen LogP) is 2.23. The molecule has 2 heterocycles. The smallest absolute Gasteiger partial charge is 0.222 e. The van der Waals surface area contributed by atoms with Crippen LogP contribution in [0.5, 0.6) is 0 Å². The van der Waals surface area contributed by atoms with Crippen molar-refractivity contribution in [3.8, 4) is 0 Å². The van der Waals surface area contributed by atoms with Gasteiger partial charge in [-0.2, -0.15) is 5.10 Å². The Morgan fingerprint density at radius 3 is 2.78 bits per heavy atom. The maximum atomic E-state index is 12.7. The van der Waals surface area contributed by atoms with Gasteiger partial charge < -0.3 is 14.9 Å². The molecule has 1 amide bonds. The van der Waals surface area contributed by atoms with E-state index in [1.165, 1.54) is 5.56 Å². The standard InChI is InChI=1S/C21H30N4O2/c1-23(2)16-20(26)19-14-18-15-24(12-7-13-25(18)22-19)21(27)11-6-10-17-8-4-3-5-9-17/h3-5,8-9,14,20,26H,6-7,10-13,15-16H2,1-2H3/t20-/m0/s1. The lowest BCUT2D eigenvalue weighted by Gasteiger charge is -2.20. The predicted molar refractivity (Wildman–Crippen MR) is 105 cm³/mol. The third-order valence-corrected chi connectivity index (χ3v) is 4.96. The molecular formula is C21H30N4O2. The molecule has 0 saturated carbocycles. The number of benzene rings is 1. The summed E-state index contributed by atoms with van der Waals surface area (Å²) in [6.07, 6.45) is 2.65. The van der Waals surface area contributed by atoms with Gasteiger partial charge in [-0.25, -0.2) is 0 Å². The molecule has 1 aromatic carbocycles. The van der Waals surface area contributed by atoms with Gasteiger partial charge >= 0.3 is 0 Å². The Balaban J connectivity index is 1.57. The third kappa shape index (κ3) is 5.40. The number of nitrogens with zero attached hydrogens (tertiary/aromatic N) is 4. The van der Waals surface area contributed by atoms with Crippen LogP contribution in [0.15, 0.2) is 36.4 Å². The number of amides is 1. The van der Waals surface area contributed by atoms with Crippen molar-refractivity contribution in [1.29, 1.82) is 0 Å². The largest absolute Gasteiger partial charge is 0.385 e. The summed E-state index contributed by atoms with van der Waals surface area (Å²) in [6.45, 7) is 2.67. The Morgan fingerprint density at radius 1 is 1.26 bits per heavy atom. The van der Waals surface area contributed by atoms with Crippen molar-refractivity contribution in [2.24, 2.45) is 0 Å². The van der Waals surface area contributed by atoms with Crippen LogP contribution in [0.4, 0.5) is 0 Å². The first kappa shape index (κ1) is 19.6. The fourth-order valence-corrected chi connectivity index (χ4v) is 3.55. The van der Waals surface area contributed by atoms with Gasteiger partial charge in [0.25, 0.3) is 0 Å². The first-order valence-electron chi connectivity index (χ1n) is 9.74. The molecule has 1 atom stereocenters. The lowest BCUT2D eigenvalue weighted by Crippen LogP contribution is -2.30. The number of carbonyl (C=O) groups excluding carboxylic acids is 1. The lowest BCUT2D eigenvalue weighted by atomic mass is 10.1. The summed E-state index contributed by atoms with van der Waals surface area (Å²) in [5.74, 6) is 0.205.